The van der Waals surface area contributed by atoms with Gasteiger partial charge in [0.2, 0.25) is 5.91 Å². The first-order valence-corrected chi connectivity index (χ1v) is 6.57. The van der Waals surface area contributed by atoms with Crippen LogP contribution in [-0.4, -0.2) is 16.4 Å². The molecule has 5 N–H and O–H groups in total. The van der Waals surface area contributed by atoms with Gasteiger partial charge in [0.1, 0.15) is 4.99 Å². The largest absolute Gasteiger partial charge is 0.389 e. The molecule has 1 amide bonds. The van der Waals surface area contributed by atoms with E-state index in [4.69, 9.17) is 23.7 Å². The predicted molar refractivity (Wildman–Crippen MR) is 81.5 cm³/mol. The van der Waals surface area contributed by atoms with E-state index in [9.17, 15) is 4.79 Å². The zero-order valence-electron chi connectivity index (χ0n) is 10.3. The minimum atomic E-state index is -0.466. The van der Waals surface area contributed by atoms with Crippen molar-refractivity contribution in [2.24, 2.45) is 11.5 Å². The fraction of sp³-hybridized carbons (Fsp3) is 0.333. The molecule has 0 aliphatic rings. The van der Waals surface area contributed by atoms with Gasteiger partial charge in [0, 0.05) is 27.7 Å². The molecule has 0 atom stereocenters. The van der Waals surface area contributed by atoms with Crippen LogP contribution in [0.4, 0.5) is 5.69 Å². The molecule has 4 nitrogen and oxygen atoms in total. The molecule has 18 heavy (non-hydrogen) atoms. The summed E-state index contributed by atoms with van der Waals surface area (Å²) in [6.07, 6.45) is 0.219. The normalized spacial score (nSPS) is 11.1. The van der Waals surface area contributed by atoms with Crippen molar-refractivity contribution in [1.82, 2.24) is 0 Å². The summed E-state index contributed by atoms with van der Waals surface area (Å²) in [7, 11) is 0. The second-order valence-electron chi connectivity index (χ2n) is 4.71. The van der Waals surface area contributed by atoms with E-state index in [1.807, 2.05) is 32.0 Å². The molecule has 0 aliphatic heterocycles. The van der Waals surface area contributed by atoms with E-state index in [0.717, 1.165) is 15.7 Å². The minimum absolute atomic E-state index is 0.219. The molecule has 0 bridgehead atoms. The third kappa shape index (κ3) is 4.27. The average Bonchev–Trinajstić information content (AvgIpc) is 2.13. The lowest BCUT2D eigenvalue weighted by molar-refractivity contribution is -0.118. The van der Waals surface area contributed by atoms with Gasteiger partial charge in [-0.2, -0.15) is 0 Å². The maximum absolute atomic E-state index is 11.0. The molecule has 0 heterocycles. The van der Waals surface area contributed by atoms with Gasteiger partial charge in [-0.1, -0.05) is 28.1 Å². The van der Waals surface area contributed by atoms with E-state index in [2.05, 4.69) is 21.2 Å². The van der Waals surface area contributed by atoms with Crippen molar-refractivity contribution in [3.63, 3.8) is 0 Å². The van der Waals surface area contributed by atoms with Crippen LogP contribution in [0.3, 0.4) is 0 Å². The molecule has 0 unspecified atom stereocenters. The number of hydrogen-bond acceptors (Lipinski definition) is 3. The number of rotatable bonds is 5. The van der Waals surface area contributed by atoms with Gasteiger partial charge < -0.3 is 16.8 Å². The summed E-state index contributed by atoms with van der Waals surface area (Å²) < 4.78 is 0.903. The molecule has 0 aliphatic carbocycles. The lowest BCUT2D eigenvalue weighted by Crippen LogP contribution is -2.36. The summed E-state index contributed by atoms with van der Waals surface area (Å²) in [4.78, 5) is 11.3. The predicted octanol–water partition coefficient (Wildman–Crippen LogP) is 2.15. The molecule has 0 aromatic heterocycles. The number of nitrogens with one attached hydrogen (secondary N) is 1. The molecular weight excluding hydrogens is 314 g/mol. The van der Waals surface area contributed by atoms with Crippen LogP contribution in [-0.2, 0) is 4.79 Å². The Bertz CT molecular complexity index is 488. The number of halogens is 1. The van der Waals surface area contributed by atoms with Crippen LogP contribution in [0.15, 0.2) is 22.7 Å². The molecule has 1 aromatic carbocycles. The van der Waals surface area contributed by atoms with E-state index in [-0.39, 0.29) is 12.3 Å². The number of amides is 1. The molecule has 0 radical (unpaired) electrons. The highest BCUT2D eigenvalue weighted by molar-refractivity contribution is 9.10. The molecule has 0 saturated carbocycles. The van der Waals surface area contributed by atoms with Crippen molar-refractivity contribution in [1.29, 1.82) is 0 Å². The van der Waals surface area contributed by atoms with Crippen LogP contribution >= 0.6 is 28.1 Å². The van der Waals surface area contributed by atoms with Gasteiger partial charge in [-0.05, 0) is 32.0 Å². The first-order valence-electron chi connectivity index (χ1n) is 5.37. The molecule has 1 rings (SSSR count). The second-order valence-corrected chi connectivity index (χ2v) is 6.06. The number of thiocarbonyl (C=S) groups is 1. The first-order chi connectivity index (χ1) is 8.21. The van der Waals surface area contributed by atoms with E-state index >= 15 is 0 Å². The molecule has 6 heteroatoms. The monoisotopic (exact) mass is 329 g/mol. The number of nitrogens with two attached hydrogens (primary N) is 2. The van der Waals surface area contributed by atoms with E-state index < -0.39 is 5.54 Å². The van der Waals surface area contributed by atoms with E-state index in [1.165, 1.54) is 0 Å². The van der Waals surface area contributed by atoms with Crippen LogP contribution in [0.25, 0.3) is 0 Å². The van der Waals surface area contributed by atoms with Crippen molar-refractivity contribution in [2.45, 2.75) is 25.8 Å². The fourth-order valence-corrected chi connectivity index (χ4v) is 2.22. The Morgan fingerprint density at radius 3 is 2.56 bits per heavy atom. The van der Waals surface area contributed by atoms with Crippen LogP contribution in [0.2, 0.25) is 0 Å². The standard InChI is InChI=1S/C12H16BrN3OS/c1-12(2,6-10(14)17)16-9-5-7(13)3-4-8(9)11(15)18/h3-5,16H,6H2,1-2H3,(H2,14,17)(H2,15,18). The lowest BCUT2D eigenvalue weighted by Gasteiger charge is -2.27. The molecule has 98 valence electrons. The van der Waals surface area contributed by atoms with Crippen molar-refractivity contribution >= 4 is 44.7 Å². The zero-order valence-corrected chi connectivity index (χ0v) is 12.7. The second kappa shape index (κ2) is 5.67. The Morgan fingerprint density at radius 2 is 2.06 bits per heavy atom. The molecular formula is C12H16BrN3OS. The number of anilines is 1. The Hall–Kier alpha value is -1.14. The summed E-state index contributed by atoms with van der Waals surface area (Å²) in [6.45, 7) is 3.78. The Kier molecular flexibility index (Phi) is 4.70. The Morgan fingerprint density at radius 1 is 1.44 bits per heavy atom. The molecule has 0 spiro atoms. The van der Waals surface area contributed by atoms with Gasteiger partial charge in [0.15, 0.2) is 0 Å². The Balaban J connectivity index is 3.05. The third-order valence-corrected chi connectivity index (χ3v) is 3.05. The lowest BCUT2D eigenvalue weighted by atomic mass is 9.99. The number of primary amides is 1. The molecule has 0 fully saturated rings. The zero-order chi connectivity index (χ0) is 13.9. The highest BCUT2D eigenvalue weighted by Gasteiger charge is 2.21. The summed E-state index contributed by atoms with van der Waals surface area (Å²) in [5.41, 5.74) is 11.9. The average molecular weight is 330 g/mol. The number of carbonyl (C=O) groups excluding carboxylic acids is 1. The topological polar surface area (TPSA) is 81.1 Å². The van der Waals surface area contributed by atoms with Crippen LogP contribution < -0.4 is 16.8 Å². The van der Waals surface area contributed by atoms with Crippen LogP contribution in [0, 0.1) is 0 Å². The SMILES string of the molecule is CC(C)(CC(N)=O)Nc1cc(Br)ccc1C(N)=S. The number of benzene rings is 1. The first kappa shape index (κ1) is 14.9. The van der Waals surface area contributed by atoms with Crippen molar-refractivity contribution in [2.75, 3.05) is 5.32 Å². The van der Waals surface area contributed by atoms with Crippen molar-refractivity contribution in [3.8, 4) is 0 Å². The van der Waals surface area contributed by atoms with Gasteiger partial charge in [-0.25, -0.2) is 0 Å². The summed E-state index contributed by atoms with van der Waals surface area (Å²) >= 11 is 8.39. The quantitative estimate of drug-likeness (QED) is 0.723. The maximum Gasteiger partial charge on any atom is 0.219 e. The number of carbonyl (C=O) groups is 1. The van der Waals surface area contributed by atoms with E-state index in [0.29, 0.717) is 4.99 Å². The summed E-state index contributed by atoms with van der Waals surface area (Å²) in [5.74, 6) is -0.362. The summed E-state index contributed by atoms with van der Waals surface area (Å²) in [6, 6.07) is 5.56. The van der Waals surface area contributed by atoms with Gasteiger partial charge in [0.25, 0.3) is 0 Å². The van der Waals surface area contributed by atoms with E-state index in [1.54, 1.807) is 0 Å². The maximum atomic E-state index is 11.0. The van der Waals surface area contributed by atoms with Gasteiger partial charge in [-0.3, -0.25) is 4.79 Å². The van der Waals surface area contributed by atoms with Crippen molar-refractivity contribution in [3.05, 3.63) is 28.2 Å². The van der Waals surface area contributed by atoms with Crippen LogP contribution in [0.5, 0.6) is 0 Å². The third-order valence-electron chi connectivity index (χ3n) is 2.34. The Labute approximate surface area is 120 Å². The van der Waals surface area contributed by atoms with Gasteiger partial charge in [-0.15, -0.1) is 0 Å². The number of hydrogen-bond donors (Lipinski definition) is 3. The smallest absolute Gasteiger partial charge is 0.219 e. The van der Waals surface area contributed by atoms with Crippen LogP contribution in [0.1, 0.15) is 25.8 Å². The summed E-state index contributed by atoms with van der Waals surface area (Å²) in [5, 5.41) is 3.24. The van der Waals surface area contributed by atoms with Gasteiger partial charge in [0.05, 0.1) is 0 Å². The molecule has 1 aromatic rings. The minimum Gasteiger partial charge on any atom is -0.389 e. The van der Waals surface area contributed by atoms with Crippen molar-refractivity contribution < 1.29 is 4.79 Å². The highest BCUT2D eigenvalue weighted by atomic mass is 79.9. The fourth-order valence-electron chi connectivity index (χ4n) is 1.68. The highest BCUT2D eigenvalue weighted by Crippen LogP contribution is 2.25. The molecule has 0 saturated heterocycles. The van der Waals surface area contributed by atoms with Gasteiger partial charge >= 0.3 is 0 Å².